The number of nitrogens with zero attached hydrogens (tertiary/aromatic N) is 1. The molecule has 0 bridgehead atoms. The van der Waals surface area contributed by atoms with Gasteiger partial charge in [-0.3, -0.25) is 0 Å². The van der Waals surface area contributed by atoms with Gasteiger partial charge in [-0.2, -0.15) is 0 Å². The van der Waals surface area contributed by atoms with Crippen molar-refractivity contribution in [2.24, 2.45) is 0 Å². The fourth-order valence-electron chi connectivity index (χ4n) is 3.59. The maximum absolute atomic E-state index is 12.6. The third-order valence-corrected chi connectivity index (χ3v) is 6.28. The van der Waals surface area contributed by atoms with Gasteiger partial charge in [-0.05, 0) is 88.2 Å². The molecule has 1 fully saturated rings. The Morgan fingerprint density at radius 3 is 2.07 bits per heavy atom. The van der Waals surface area contributed by atoms with Gasteiger partial charge in [0.15, 0.2) is 0 Å². The van der Waals surface area contributed by atoms with Gasteiger partial charge >= 0.3 is 11.9 Å². The highest BCUT2D eigenvalue weighted by molar-refractivity contribution is 9.11. The number of carbonyl (C=O) groups is 2. The zero-order valence-corrected chi connectivity index (χ0v) is 19.2. The first-order valence-electron chi connectivity index (χ1n) is 9.53. The topological polar surface area (TPSA) is 55.8 Å². The molecule has 3 rings (SSSR count). The summed E-state index contributed by atoms with van der Waals surface area (Å²) in [5.41, 5.74) is 3.08. The van der Waals surface area contributed by atoms with Gasteiger partial charge in [-0.1, -0.05) is 6.07 Å². The van der Waals surface area contributed by atoms with Crippen LogP contribution < -0.4 is 4.90 Å². The smallest absolute Gasteiger partial charge is 0.339 e. The molecule has 7 heteroatoms. The Balaban J connectivity index is 2.21. The fourth-order valence-corrected chi connectivity index (χ4v) is 4.96. The van der Waals surface area contributed by atoms with Crippen LogP contribution in [0.5, 0.6) is 0 Å². The molecule has 0 spiro atoms. The zero-order valence-electron chi connectivity index (χ0n) is 16.0. The van der Waals surface area contributed by atoms with E-state index < -0.39 is 11.9 Å². The predicted octanol–water partition coefficient (Wildman–Crippen LogP) is 5.66. The second-order valence-electron chi connectivity index (χ2n) is 6.59. The lowest BCUT2D eigenvalue weighted by Gasteiger charge is -2.29. The van der Waals surface area contributed by atoms with E-state index in [1.807, 2.05) is 18.2 Å². The molecule has 1 heterocycles. The number of esters is 2. The molecule has 0 unspecified atom stereocenters. The van der Waals surface area contributed by atoms with Gasteiger partial charge in [0.25, 0.3) is 0 Å². The van der Waals surface area contributed by atoms with Gasteiger partial charge in [0.1, 0.15) is 0 Å². The van der Waals surface area contributed by atoms with Crippen LogP contribution in [0.4, 0.5) is 5.69 Å². The largest absolute Gasteiger partial charge is 0.462 e. The lowest BCUT2D eigenvalue weighted by Crippen LogP contribution is -2.29. The Bertz CT molecular complexity index is 862. The average Bonchev–Trinajstić information content (AvgIpc) is 2.83. The van der Waals surface area contributed by atoms with Crippen LogP contribution in [-0.2, 0) is 9.47 Å². The van der Waals surface area contributed by atoms with E-state index in [0.717, 1.165) is 36.1 Å². The average molecular weight is 513 g/mol. The van der Waals surface area contributed by atoms with Crippen LogP contribution >= 0.6 is 31.9 Å². The molecule has 0 radical (unpaired) electrons. The third-order valence-electron chi connectivity index (χ3n) is 4.85. The van der Waals surface area contributed by atoms with Crippen molar-refractivity contribution in [3.8, 4) is 11.1 Å². The normalized spacial score (nSPS) is 14.2. The monoisotopic (exact) mass is 511 g/mol. The maximum atomic E-state index is 12.6. The second-order valence-corrected chi connectivity index (χ2v) is 8.24. The van der Waals surface area contributed by atoms with Crippen LogP contribution in [0, 0.1) is 0 Å². The van der Waals surface area contributed by atoms with Gasteiger partial charge in [-0.25, -0.2) is 9.59 Å². The first-order chi connectivity index (χ1) is 13.5. The molecular weight excluding hydrogens is 490 g/mol. The molecule has 28 heavy (non-hydrogen) atoms. The Kier molecular flexibility index (Phi) is 6.99. The van der Waals surface area contributed by atoms with E-state index in [1.165, 1.54) is 6.42 Å². The van der Waals surface area contributed by atoms with Gasteiger partial charge in [-0.15, -0.1) is 0 Å². The van der Waals surface area contributed by atoms with Crippen molar-refractivity contribution in [3.63, 3.8) is 0 Å². The number of halogens is 2. The van der Waals surface area contributed by atoms with Crippen molar-refractivity contribution in [1.82, 2.24) is 0 Å². The summed E-state index contributed by atoms with van der Waals surface area (Å²) >= 11 is 7.12. The number of carbonyl (C=O) groups excluding carboxylic acids is 2. The van der Waals surface area contributed by atoms with Crippen LogP contribution in [0.25, 0.3) is 11.1 Å². The Morgan fingerprint density at radius 1 is 0.929 bits per heavy atom. The summed E-state index contributed by atoms with van der Waals surface area (Å²) in [6.45, 7) is 6.01. The molecule has 2 aliphatic carbocycles. The molecule has 5 nitrogen and oxygen atoms in total. The molecule has 0 saturated carbocycles. The van der Waals surface area contributed by atoms with E-state index in [0.29, 0.717) is 26.7 Å². The van der Waals surface area contributed by atoms with Gasteiger partial charge in [0.2, 0.25) is 0 Å². The summed E-state index contributed by atoms with van der Waals surface area (Å²) in [6.07, 6.45) is 3.56. The van der Waals surface area contributed by atoms with Crippen molar-refractivity contribution in [3.05, 3.63) is 38.3 Å². The first-order valence-corrected chi connectivity index (χ1v) is 11.1. The molecule has 3 aliphatic rings. The van der Waals surface area contributed by atoms with E-state index in [9.17, 15) is 9.59 Å². The highest BCUT2D eigenvalue weighted by Gasteiger charge is 2.31. The van der Waals surface area contributed by atoms with Crippen molar-refractivity contribution >= 4 is 49.5 Å². The summed E-state index contributed by atoms with van der Waals surface area (Å²) in [7, 11) is 0. The minimum atomic E-state index is -0.465. The van der Waals surface area contributed by atoms with E-state index >= 15 is 0 Å². The lowest BCUT2D eigenvalue weighted by atomic mass is 10.1. The molecule has 1 saturated heterocycles. The standard InChI is InChI=1S/C21H23Br2NO4/c1-3-27-20(25)17-13-8-9-16(24-10-6-5-7-11-24)15(22)12-14(13)18(19(17)23)21(26)28-4-2/h8-9,12H,3-7,10-11H2,1-2H3. The molecule has 0 aromatic carbocycles. The minimum absolute atomic E-state index is 0.256. The number of ether oxygens (including phenoxy) is 2. The van der Waals surface area contributed by atoms with Gasteiger partial charge in [0.05, 0.1) is 30.0 Å². The molecule has 0 N–H and O–H groups in total. The molecule has 0 amide bonds. The molecule has 150 valence electrons. The number of hydrogen-bond acceptors (Lipinski definition) is 5. The lowest BCUT2D eigenvalue weighted by molar-refractivity contribution is 0.0525. The van der Waals surface area contributed by atoms with Crippen molar-refractivity contribution < 1.29 is 19.1 Å². The minimum Gasteiger partial charge on any atom is -0.462 e. The van der Waals surface area contributed by atoms with Crippen LogP contribution in [0.2, 0.25) is 0 Å². The second kappa shape index (κ2) is 9.27. The summed E-state index contributed by atoms with van der Waals surface area (Å²) in [5.74, 6) is -0.927. The maximum Gasteiger partial charge on any atom is 0.339 e. The summed E-state index contributed by atoms with van der Waals surface area (Å²) in [6, 6.07) is 5.80. The Hall–Kier alpha value is -1.60. The Morgan fingerprint density at radius 2 is 1.50 bits per heavy atom. The van der Waals surface area contributed by atoms with Crippen molar-refractivity contribution in [2.75, 3.05) is 31.2 Å². The van der Waals surface area contributed by atoms with E-state index in [-0.39, 0.29) is 13.2 Å². The first kappa shape index (κ1) is 21.1. The zero-order chi connectivity index (χ0) is 20.3. The molecule has 0 aromatic rings. The van der Waals surface area contributed by atoms with Crippen LogP contribution in [0.3, 0.4) is 0 Å². The number of anilines is 1. The quantitative estimate of drug-likeness (QED) is 0.484. The van der Waals surface area contributed by atoms with Crippen LogP contribution in [0.1, 0.15) is 53.8 Å². The molecule has 0 aromatic heterocycles. The number of hydrogen-bond donors (Lipinski definition) is 0. The van der Waals surface area contributed by atoms with Crippen LogP contribution in [0.15, 0.2) is 27.1 Å². The SMILES string of the molecule is CCOC(=O)c1c2ccc(N3CCCCC3)c(Br)cc-2c(C(=O)OCC)c1Br. The van der Waals surface area contributed by atoms with E-state index in [2.05, 4.69) is 36.8 Å². The van der Waals surface area contributed by atoms with E-state index in [4.69, 9.17) is 9.47 Å². The van der Waals surface area contributed by atoms with Crippen molar-refractivity contribution in [2.45, 2.75) is 33.1 Å². The van der Waals surface area contributed by atoms with Crippen molar-refractivity contribution in [1.29, 1.82) is 0 Å². The fraction of sp³-hybridized carbons (Fsp3) is 0.429. The summed E-state index contributed by atoms with van der Waals surface area (Å²) in [5, 5.41) is 0. The highest BCUT2D eigenvalue weighted by Crippen LogP contribution is 2.43. The Labute approximate surface area is 182 Å². The number of fused-ring (bicyclic) bond motifs is 1. The van der Waals surface area contributed by atoms with Crippen LogP contribution in [-0.4, -0.2) is 38.2 Å². The molecule has 0 atom stereocenters. The molecule has 1 aliphatic heterocycles. The van der Waals surface area contributed by atoms with Gasteiger partial charge < -0.3 is 14.4 Å². The summed E-state index contributed by atoms with van der Waals surface area (Å²) in [4.78, 5) is 27.6. The highest BCUT2D eigenvalue weighted by atomic mass is 79.9. The molecular formula is C21H23Br2NO4. The third kappa shape index (κ3) is 4.06. The summed E-state index contributed by atoms with van der Waals surface area (Å²) < 4.78 is 11.8. The number of rotatable bonds is 5. The van der Waals surface area contributed by atoms with Gasteiger partial charge in [0, 0.05) is 22.0 Å². The number of piperidine rings is 1. The van der Waals surface area contributed by atoms with E-state index in [1.54, 1.807) is 13.8 Å². The predicted molar refractivity (Wildman–Crippen MR) is 116 cm³/mol.